The summed E-state index contributed by atoms with van der Waals surface area (Å²) < 4.78 is 0. The second kappa shape index (κ2) is 23.9. The number of hydrogen-bond donors (Lipinski definition) is 0. The van der Waals surface area contributed by atoms with Crippen molar-refractivity contribution < 1.29 is 0 Å². The van der Waals surface area contributed by atoms with Crippen LogP contribution in [0.4, 0.5) is 0 Å². The van der Waals surface area contributed by atoms with E-state index >= 15 is 0 Å². The zero-order valence-corrected chi connectivity index (χ0v) is 21.5. The van der Waals surface area contributed by atoms with Crippen molar-refractivity contribution in [2.75, 3.05) is 12.3 Å². The van der Waals surface area contributed by atoms with Crippen LogP contribution in [-0.2, 0) is 0 Å². The Morgan fingerprint density at radius 3 is 1.31 bits per heavy atom. The largest absolute Gasteiger partial charge is 0.114 e. The summed E-state index contributed by atoms with van der Waals surface area (Å²) in [6.07, 6.45) is 28.1. The van der Waals surface area contributed by atoms with Gasteiger partial charge in [-0.25, -0.2) is 0 Å². The van der Waals surface area contributed by atoms with E-state index in [1.807, 2.05) is 0 Å². The molecule has 0 nitrogen and oxygen atoms in total. The predicted octanol–water partition coefficient (Wildman–Crippen LogP) is 10.1. The average Bonchev–Trinajstić information content (AvgIpc) is 2.62. The van der Waals surface area contributed by atoms with Gasteiger partial charge in [-0.3, -0.25) is 0 Å². The molecule has 1 atom stereocenters. The highest BCUT2D eigenvalue weighted by atomic mass is 79.9. The van der Waals surface area contributed by atoms with E-state index < -0.39 is 0 Å². The fourth-order valence-electron chi connectivity index (χ4n) is 3.91. The third-order valence-corrected chi connectivity index (χ3v) is 8.96. The lowest BCUT2D eigenvalue weighted by Crippen LogP contribution is -2.10. The van der Waals surface area contributed by atoms with Gasteiger partial charge in [-0.15, -0.1) is 24.9 Å². The Bertz CT molecular complexity index is 236. The van der Waals surface area contributed by atoms with Crippen LogP contribution in [0, 0.1) is 0 Å². The summed E-state index contributed by atoms with van der Waals surface area (Å²) in [6, 6.07) is 0. The molecule has 0 saturated heterocycles. The molecule has 2 heteroatoms. The van der Waals surface area contributed by atoms with Crippen molar-refractivity contribution in [1.29, 1.82) is 0 Å². The molecule has 26 heavy (non-hydrogen) atoms. The van der Waals surface area contributed by atoms with E-state index in [0.29, 0.717) is 7.92 Å². The van der Waals surface area contributed by atoms with Crippen LogP contribution in [0.5, 0.6) is 0 Å². The van der Waals surface area contributed by atoms with Crippen molar-refractivity contribution in [1.82, 2.24) is 0 Å². The van der Waals surface area contributed by atoms with Gasteiger partial charge < -0.3 is 0 Å². The number of halogens is 1. The Morgan fingerprint density at radius 2 is 0.885 bits per heavy atom. The maximum Gasteiger partial charge on any atom is -0.0209 e. The number of hydrogen-bond acceptors (Lipinski definition) is 0. The first-order valence-electron chi connectivity index (χ1n) is 12.0. The van der Waals surface area contributed by atoms with Crippen molar-refractivity contribution in [2.24, 2.45) is 0 Å². The molecule has 160 valence electrons. The molecule has 0 aromatic heterocycles. The molecule has 0 aliphatic heterocycles. The van der Waals surface area contributed by atoms with Crippen molar-refractivity contribution in [3.05, 3.63) is 0 Å². The van der Waals surface area contributed by atoms with Crippen LogP contribution in [0.3, 0.4) is 0 Å². The van der Waals surface area contributed by atoms with Gasteiger partial charge in [-0.05, 0) is 43.7 Å². The van der Waals surface area contributed by atoms with Gasteiger partial charge in [0.1, 0.15) is 0 Å². The Balaban J connectivity index is 0. The van der Waals surface area contributed by atoms with Gasteiger partial charge in [0, 0.05) is 0 Å². The van der Waals surface area contributed by atoms with E-state index in [1.165, 1.54) is 103 Å². The van der Waals surface area contributed by atoms with Crippen LogP contribution in [0.1, 0.15) is 137 Å². The number of rotatable bonds is 20. The van der Waals surface area contributed by atoms with Crippen molar-refractivity contribution >= 4 is 24.9 Å². The molecule has 0 radical (unpaired) electrons. The Labute approximate surface area is 179 Å². The van der Waals surface area contributed by atoms with Crippen LogP contribution in [0.15, 0.2) is 0 Å². The molecule has 0 heterocycles. The van der Waals surface area contributed by atoms with Gasteiger partial charge in [0.15, 0.2) is 0 Å². The summed E-state index contributed by atoms with van der Waals surface area (Å²) in [5.41, 5.74) is 1.09. The topological polar surface area (TPSA) is 0 Å². The lowest BCUT2D eigenvalue weighted by Gasteiger charge is -2.28. The zero-order valence-electron chi connectivity index (χ0n) is 18.9. The third-order valence-electron chi connectivity index (χ3n) is 5.63. The Hall–Kier alpha value is 0.910. The second-order valence-corrected chi connectivity index (χ2v) is 11.0. The summed E-state index contributed by atoms with van der Waals surface area (Å²) in [6.45, 7) is 9.44. The van der Waals surface area contributed by atoms with Crippen molar-refractivity contribution in [2.45, 2.75) is 143 Å². The summed E-state index contributed by atoms with van der Waals surface area (Å²) >= 11 is 0. The quantitative estimate of drug-likeness (QED) is 0.128. The molecule has 0 spiro atoms. The minimum atomic E-state index is 0. The summed E-state index contributed by atoms with van der Waals surface area (Å²) in [5, 5.41) is 0. The first-order chi connectivity index (χ1) is 12.3. The first-order valence-corrected chi connectivity index (χ1v) is 13.8. The van der Waals surface area contributed by atoms with Gasteiger partial charge in [-0.1, -0.05) is 111 Å². The molecule has 0 aromatic rings. The fourth-order valence-corrected chi connectivity index (χ4v) is 7.48. The maximum atomic E-state index is 2.40. The lowest BCUT2D eigenvalue weighted by molar-refractivity contribution is 0.539. The highest BCUT2D eigenvalue weighted by molar-refractivity contribution is 8.93. The average molecular weight is 452 g/mol. The normalized spacial score (nSPS) is 12.3. The zero-order chi connectivity index (χ0) is 18.6. The first kappa shape index (κ1) is 29.1. The molecule has 0 aliphatic carbocycles. The highest BCUT2D eigenvalue weighted by Gasteiger charge is 2.18. The molecule has 0 rings (SSSR count). The molecule has 0 aromatic carbocycles. The molecule has 0 aliphatic rings. The maximum absolute atomic E-state index is 2.40. The van der Waals surface area contributed by atoms with E-state index in [2.05, 4.69) is 27.7 Å². The van der Waals surface area contributed by atoms with E-state index in [-0.39, 0.29) is 17.0 Å². The van der Waals surface area contributed by atoms with Crippen LogP contribution in [0.2, 0.25) is 0 Å². The molecule has 0 N–H and O–H groups in total. The second-order valence-electron chi connectivity index (χ2n) is 8.16. The SMILES string of the molecule is Br.CCCCCCCCCCCCC(CCC)P(CCCC)CCCC. The minimum Gasteiger partial charge on any atom is -0.114 e. The molecule has 0 amide bonds. The Kier molecular flexibility index (Phi) is 26.8. The Morgan fingerprint density at radius 1 is 0.462 bits per heavy atom. The van der Waals surface area contributed by atoms with Crippen molar-refractivity contribution in [3.63, 3.8) is 0 Å². The highest BCUT2D eigenvalue weighted by Crippen LogP contribution is 2.47. The molecule has 0 bridgehead atoms. The van der Waals surface area contributed by atoms with Crippen LogP contribution >= 0.6 is 24.9 Å². The van der Waals surface area contributed by atoms with E-state index in [9.17, 15) is 0 Å². The molecule has 0 fully saturated rings. The van der Waals surface area contributed by atoms with Gasteiger partial charge in [0.2, 0.25) is 0 Å². The summed E-state index contributed by atoms with van der Waals surface area (Å²) in [7, 11) is 0.322. The van der Waals surface area contributed by atoms with Gasteiger partial charge >= 0.3 is 0 Å². The van der Waals surface area contributed by atoms with Crippen molar-refractivity contribution in [3.8, 4) is 0 Å². The third kappa shape index (κ3) is 18.3. The molecule has 1 unspecified atom stereocenters. The van der Waals surface area contributed by atoms with Crippen LogP contribution in [-0.4, -0.2) is 18.0 Å². The van der Waals surface area contributed by atoms with Gasteiger partial charge in [0.25, 0.3) is 0 Å². The molecule has 0 saturated carbocycles. The van der Waals surface area contributed by atoms with E-state index in [0.717, 1.165) is 5.66 Å². The summed E-state index contributed by atoms with van der Waals surface area (Å²) in [5.74, 6) is 0. The van der Waals surface area contributed by atoms with E-state index in [1.54, 1.807) is 18.7 Å². The van der Waals surface area contributed by atoms with Crippen LogP contribution in [0.25, 0.3) is 0 Å². The standard InChI is InChI=1S/C24H51P.BrH/c1-5-9-12-13-14-15-16-17-18-19-21-24(20-8-4)25(22-10-6-2)23-11-7-3;/h24H,5-23H2,1-4H3;1H. The molecular weight excluding hydrogens is 399 g/mol. The molecular formula is C24H52BrP. The van der Waals surface area contributed by atoms with E-state index in [4.69, 9.17) is 0 Å². The number of unbranched alkanes of at least 4 members (excludes halogenated alkanes) is 11. The minimum absolute atomic E-state index is 0. The predicted molar refractivity (Wildman–Crippen MR) is 132 cm³/mol. The van der Waals surface area contributed by atoms with Gasteiger partial charge in [-0.2, -0.15) is 0 Å². The van der Waals surface area contributed by atoms with Crippen LogP contribution < -0.4 is 0 Å². The smallest absolute Gasteiger partial charge is 0.0209 e. The fraction of sp³-hybridized carbons (Fsp3) is 1.00. The summed E-state index contributed by atoms with van der Waals surface area (Å²) in [4.78, 5) is 0. The van der Waals surface area contributed by atoms with Gasteiger partial charge in [0.05, 0.1) is 0 Å². The monoisotopic (exact) mass is 450 g/mol. The lowest BCUT2D eigenvalue weighted by atomic mass is 10.0.